The number of aromatic nitrogens is 2. The minimum Gasteiger partial charge on any atom is -0.350 e. The zero-order chi connectivity index (χ0) is 18.0. The molecule has 3 aromatic rings. The standard InChI is InChI=1S/C19H21ClN4O.ClH/c1-4-24(5-2)19(25)16-12-21-18(15-9-10-23(3)17(15)16)22-14-8-6-7-13(20)11-14;/h6-12H,4-5H2,1-3H3,(H,21,22);1H. The average molecular weight is 393 g/mol. The highest BCUT2D eigenvalue weighted by atomic mass is 35.5. The zero-order valence-corrected chi connectivity index (χ0v) is 16.6. The van der Waals surface area contributed by atoms with Crippen LogP contribution in [0.1, 0.15) is 24.2 Å². The van der Waals surface area contributed by atoms with E-state index in [-0.39, 0.29) is 18.3 Å². The lowest BCUT2D eigenvalue weighted by Crippen LogP contribution is -2.31. The first-order chi connectivity index (χ1) is 12.0. The number of carbonyl (C=O) groups excluding carboxylic acids is 1. The molecule has 0 aliphatic carbocycles. The number of amides is 1. The molecule has 1 N–H and O–H groups in total. The Morgan fingerprint density at radius 3 is 2.65 bits per heavy atom. The van der Waals surface area contributed by atoms with E-state index >= 15 is 0 Å². The van der Waals surface area contributed by atoms with Gasteiger partial charge in [0.15, 0.2) is 0 Å². The van der Waals surface area contributed by atoms with Gasteiger partial charge in [-0.3, -0.25) is 4.79 Å². The number of fused-ring (bicyclic) bond motifs is 1. The van der Waals surface area contributed by atoms with Crippen molar-refractivity contribution in [2.45, 2.75) is 13.8 Å². The zero-order valence-electron chi connectivity index (χ0n) is 15.0. The molecule has 5 nitrogen and oxygen atoms in total. The molecule has 0 fully saturated rings. The molecule has 0 radical (unpaired) electrons. The molecule has 7 heteroatoms. The van der Waals surface area contributed by atoms with Gasteiger partial charge in [-0.2, -0.15) is 0 Å². The summed E-state index contributed by atoms with van der Waals surface area (Å²) < 4.78 is 1.96. The lowest BCUT2D eigenvalue weighted by molar-refractivity contribution is 0.0774. The van der Waals surface area contributed by atoms with Crippen LogP contribution in [0, 0.1) is 0 Å². The Labute approximate surface area is 164 Å². The van der Waals surface area contributed by atoms with Crippen LogP contribution >= 0.6 is 24.0 Å². The SMILES string of the molecule is CCN(CC)C(=O)c1cnc(Nc2cccc(Cl)c2)c2ccn(C)c12.Cl. The molecule has 26 heavy (non-hydrogen) atoms. The summed E-state index contributed by atoms with van der Waals surface area (Å²) in [5.74, 6) is 0.701. The molecule has 138 valence electrons. The van der Waals surface area contributed by atoms with Crippen LogP contribution in [0.25, 0.3) is 10.9 Å². The summed E-state index contributed by atoms with van der Waals surface area (Å²) in [4.78, 5) is 19.1. The summed E-state index contributed by atoms with van der Waals surface area (Å²) in [5, 5.41) is 4.85. The van der Waals surface area contributed by atoms with Gasteiger partial charge in [-0.25, -0.2) is 4.98 Å². The van der Waals surface area contributed by atoms with E-state index in [0.29, 0.717) is 29.5 Å². The minimum absolute atomic E-state index is 0. The maximum absolute atomic E-state index is 12.8. The number of halogens is 2. The molecule has 0 bridgehead atoms. The fourth-order valence-electron chi connectivity index (χ4n) is 2.96. The van der Waals surface area contributed by atoms with Crippen LogP contribution in [0.5, 0.6) is 0 Å². The smallest absolute Gasteiger partial charge is 0.257 e. The van der Waals surface area contributed by atoms with Crippen molar-refractivity contribution in [2.75, 3.05) is 18.4 Å². The van der Waals surface area contributed by atoms with Crippen molar-refractivity contribution < 1.29 is 4.79 Å². The highest BCUT2D eigenvalue weighted by Gasteiger charge is 2.20. The molecule has 1 aromatic carbocycles. The predicted octanol–water partition coefficient (Wildman–Crippen LogP) is 4.87. The molecule has 0 saturated heterocycles. The third-order valence-corrected chi connectivity index (χ3v) is 4.51. The maximum Gasteiger partial charge on any atom is 0.257 e. The van der Waals surface area contributed by atoms with Gasteiger partial charge in [-0.1, -0.05) is 17.7 Å². The monoisotopic (exact) mass is 392 g/mol. The summed E-state index contributed by atoms with van der Waals surface area (Å²) in [6.07, 6.45) is 3.59. The van der Waals surface area contributed by atoms with E-state index in [1.807, 2.05) is 62.0 Å². The second-order valence-electron chi connectivity index (χ2n) is 5.82. The molecular weight excluding hydrogens is 371 g/mol. The van der Waals surface area contributed by atoms with Crippen molar-refractivity contribution in [1.82, 2.24) is 14.5 Å². The maximum atomic E-state index is 12.8. The largest absolute Gasteiger partial charge is 0.350 e. The van der Waals surface area contributed by atoms with E-state index in [0.717, 1.165) is 16.6 Å². The Bertz CT molecular complexity index is 919. The summed E-state index contributed by atoms with van der Waals surface area (Å²) >= 11 is 6.05. The Hall–Kier alpha value is -2.24. The van der Waals surface area contributed by atoms with Crippen LogP contribution in [0.2, 0.25) is 5.02 Å². The van der Waals surface area contributed by atoms with Crippen molar-refractivity contribution in [3.8, 4) is 0 Å². The van der Waals surface area contributed by atoms with E-state index < -0.39 is 0 Å². The second-order valence-corrected chi connectivity index (χ2v) is 6.26. The first-order valence-electron chi connectivity index (χ1n) is 8.31. The van der Waals surface area contributed by atoms with Gasteiger partial charge in [0.25, 0.3) is 5.91 Å². The molecule has 0 unspecified atom stereocenters. The molecule has 0 aliphatic rings. The van der Waals surface area contributed by atoms with Gasteiger partial charge < -0.3 is 14.8 Å². The number of hydrogen-bond acceptors (Lipinski definition) is 3. The number of nitrogens with zero attached hydrogens (tertiary/aromatic N) is 3. The molecule has 2 heterocycles. The van der Waals surface area contributed by atoms with Crippen LogP contribution in [0.3, 0.4) is 0 Å². The van der Waals surface area contributed by atoms with Gasteiger partial charge in [0.2, 0.25) is 0 Å². The minimum atomic E-state index is -0.00129. The van der Waals surface area contributed by atoms with E-state index in [4.69, 9.17) is 11.6 Å². The average Bonchev–Trinajstić information content (AvgIpc) is 2.99. The quantitative estimate of drug-likeness (QED) is 0.673. The number of pyridine rings is 1. The Kier molecular flexibility index (Phi) is 6.51. The Morgan fingerprint density at radius 2 is 2.00 bits per heavy atom. The second kappa shape index (κ2) is 8.43. The summed E-state index contributed by atoms with van der Waals surface area (Å²) in [7, 11) is 1.94. The van der Waals surface area contributed by atoms with Gasteiger partial charge >= 0.3 is 0 Å². The fourth-order valence-corrected chi connectivity index (χ4v) is 3.15. The molecule has 0 atom stereocenters. The molecule has 2 aromatic heterocycles. The van der Waals surface area contributed by atoms with Crippen molar-refractivity contribution in [3.63, 3.8) is 0 Å². The highest BCUT2D eigenvalue weighted by Crippen LogP contribution is 2.29. The number of nitrogens with one attached hydrogen (secondary N) is 1. The van der Waals surface area contributed by atoms with Crippen LogP contribution in [-0.4, -0.2) is 33.4 Å². The molecule has 3 rings (SSSR count). The van der Waals surface area contributed by atoms with Crippen molar-refractivity contribution >= 4 is 52.3 Å². The third-order valence-electron chi connectivity index (χ3n) is 4.27. The van der Waals surface area contributed by atoms with Crippen molar-refractivity contribution in [1.29, 1.82) is 0 Å². The predicted molar refractivity (Wildman–Crippen MR) is 110 cm³/mol. The van der Waals surface area contributed by atoms with Crippen LogP contribution in [0.4, 0.5) is 11.5 Å². The van der Waals surface area contributed by atoms with Gasteiger partial charge in [-0.15, -0.1) is 12.4 Å². The molecular formula is C19H22Cl2N4O. The van der Waals surface area contributed by atoms with Crippen LogP contribution in [0.15, 0.2) is 42.7 Å². The molecule has 0 aliphatic heterocycles. The number of anilines is 2. The summed E-state index contributed by atoms with van der Waals surface area (Å²) in [6.45, 7) is 5.30. The lowest BCUT2D eigenvalue weighted by Gasteiger charge is -2.20. The normalized spacial score (nSPS) is 10.5. The molecule has 1 amide bonds. The molecule has 0 saturated carbocycles. The van der Waals surface area contributed by atoms with Gasteiger partial charge in [-0.05, 0) is 38.1 Å². The van der Waals surface area contributed by atoms with E-state index in [1.54, 1.807) is 11.1 Å². The van der Waals surface area contributed by atoms with E-state index in [2.05, 4.69) is 10.3 Å². The highest BCUT2D eigenvalue weighted by molar-refractivity contribution is 6.30. The van der Waals surface area contributed by atoms with Crippen LogP contribution < -0.4 is 5.32 Å². The van der Waals surface area contributed by atoms with Crippen molar-refractivity contribution in [2.24, 2.45) is 7.05 Å². The molecule has 0 spiro atoms. The number of benzene rings is 1. The number of aryl methyl sites for hydroxylation is 1. The number of rotatable bonds is 5. The van der Waals surface area contributed by atoms with E-state index in [9.17, 15) is 4.79 Å². The summed E-state index contributed by atoms with van der Waals surface area (Å²) in [6, 6.07) is 9.44. The van der Waals surface area contributed by atoms with Gasteiger partial charge in [0.05, 0.1) is 11.1 Å². The lowest BCUT2D eigenvalue weighted by atomic mass is 10.1. The topological polar surface area (TPSA) is 50.2 Å². The van der Waals surface area contributed by atoms with Gasteiger partial charge in [0, 0.05) is 48.6 Å². The summed E-state index contributed by atoms with van der Waals surface area (Å²) in [5.41, 5.74) is 2.34. The van der Waals surface area contributed by atoms with Crippen molar-refractivity contribution in [3.05, 3.63) is 53.3 Å². The number of hydrogen-bond donors (Lipinski definition) is 1. The first kappa shape index (κ1) is 20.1. The van der Waals surface area contributed by atoms with Gasteiger partial charge in [0.1, 0.15) is 5.82 Å². The Balaban J connectivity index is 0.00000243. The third kappa shape index (κ3) is 3.79. The first-order valence-corrected chi connectivity index (χ1v) is 8.68. The van der Waals surface area contributed by atoms with Crippen LogP contribution in [-0.2, 0) is 7.05 Å². The fraction of sp³-hybridized carbons (Fsp3) is 0.263. The van der Waals surface area contributed by atoms with E-state index in [1.165, 1.54) is 0 Å². The number of carbonyl (C=O) groups is 1. The Morgan fingerprint density at radius 1 is 1.27 bits per heavy atom.